The molecule has 0 saturated heterocycles. The van der Waals surface area contributed by atoms with E-state index in [-0.39, 0.29) is 26.0 Å². The fourth-order valence-corrected chi connectivity index (χ4v) is 9.81. The molecule has 0 aliphatic carbocycles. The molecule has 0 aliphatic heterocycles. The van der Waals surface area contributed by atoms with Crippen molar-refractivity contribution in [2.75, 3.05) is 0 Å². The second-order valence-corrected chi connectivity index (χ2v) is 25.0. The summed E-state index contributed by atoms with van der Waals surface area (Å²) in [6.07, 6.45) is 2.18. The van der Waals surface area contributed by atoms with Gasteiger partial charge in [0, 0.05) is 38.2 Å². The van der Waals surface area contributed by atoms with Crippen molar-refractivity contribution in [1.82, 2.24) is 19.5 Å². The third kappa shape index (κ3) is 8.28. The van der Waals surface area contributed by atoms with E-state index in [9.17, 15) is 0 Å². The van der Waals surface area contributed by atoms with Crippen LogP contribution < -0.4 is 4.40 Å². The third-order valence-electron chi connectivity index (χ3n) is 9.64. The van der Waals surface area contributed by atoms with Crippen molar-refractivity contribution in [3.8, 4) is 22.6 Å². The van der Waals surface area contributed by atoms with Gasteiger partial charge >= 0.3 is 157 Å². The largest absolute Gasteiger partial charge is 0.486 e. The Balaban J connectivity index is 0.000000172. The zero-order chi connectivity index (χ0) is 38.9. The molecule has 1 atom stereocenters. The smallest absolute Gasteiger partial charge is 0.216 e. The Labute approximate surface area is 342 Å². The number of hydrogen-bond acceptors (Lipinski definition) is 4. The van der Waals surface area contributed by atoms with Crippen molar-refractivity contribution in [3.63, 3.8) is 0 Å². The van der Waals surface area contributed by atoms with Gasteiger partial charge in [0.1, 0.15) is 0 Å². The van der Waals surface area contributed by atoms with Gasteiger partial charge in [-0.2, -0.15) is 0 Å². The number of para-hydroxylation sites is 2. The SMILES string of the molecule is [2H]C([2H])(c1cc(-c2[c-]cccc2)nc[c]1[Ge]([CH3])([CH3])[CH3])C(C)c1ccccc1.[Ir].[c-]1ccc2c(oc3ncccc32)c1-c1nc2ccccc2n1Cc1ccccc1. The quantitative estimate of drug-likeness (QED) is 0.112. The summed E-state index contributed by atoms with van der Waals surface area (Å²) >= 11 is -2.32. The molecule has 55 heavy (non-hydrogen) atoms. The van der Waals surface area contributed by atoms with Crippen LogP contribution in [-0.2, 0) is 33.0 Å². The van der Waals surface area contributed by atoms with Gasteiger partial charge in [0.15, 0.2) is 0 Å². The van der Waals surface area contributed by atoms with Gasteiger partial charge in [-0.1, -0.05) is 53.4 Å². The summed E-state index contributed by atoms with van der Waals surface area (Å²) in [7, 11) is 0. The summed E-state index contributed by atoms with van der Waals surface area (Å²) in [6.45, 7) is 2.70. The third-order valence-corrected chi connectivity index (χ3v) is 13.9. The first-order valence-corrected chi connectivity index (χ1v) is 25.6. The number of fused-ring (bicyclic) bond motifs is 4. The molecule has 0 N–H and O–H groups in total. The molecule has 0 bridgehead atoms. The van der Waals surface area contributed by atoms with Crippen LogP contribution in [0.1, 0.15) is 32.3 Å². The minimum absolute atomic E-state index is 0. The van der Waals surface area contributed by atoms with Crippen LogP contribution in [0.5, 0.6) is 0 Å². The Hall–Kier alpha value is -5.14. The van der Waals surface area contributed by atoms with Gasteiger partial charge in [-0.15, -0.1) is 18.2 Å². The van der Waals surface area contributed by atoms with Crippen LogP contribution in [0.3, 0.4) is 0 Å². The molecule has 0 fully saturated rings. The normalized spacial score (nSPS) is 12.7. The van der Waals surface area contributed by atoms with E-state index in [1.807, 2.05) is 122 Å². The number of benzene rings is 5. The first-order chi connectivity index (χ1) is 27.1. The van der Waals surface area contributed by atoms with Crippen LogP contribution in [-0.4, -0.2) is 32.8 Å². The molecule has 1 radical (unpaired) electrons. The first kappa shape index (κ1) is 35.6. The summed E-state index contributed by atoms with van der Waals surface area (Å²) in [4.78, 5) is 14.0. The Morgan fingerprint density at radius 2 is 1.53 bits per heavy atom. The van der Waals surface area contributed by atoms with Crippen LogP contribution in [0.15, 0.2) is 156 Å². The molecule has 4 heterocycles. The molecule has 5 nitrogen and oxygen atoms in total. The van der Waals surface area contributed by atoms with Crippen molar-refractivity contribution < 1.29 is 27.3 Å². The molecule has 5 aromatic carbocycles. The molecule has 0 saturated carbocycles. The molecule has 7 heteroatoms. The second kappa shape index (κ2) is 16.7. The van der Waals surface area contributed by atoms with E-state index in [1.54, 1.807) is 6.20 Å². The maximum Gasteiger partial charge on any atom is 0.216 e. The van der Waals surface area contributed by atoms with Crippen molar-refractivity contribution in [2.45, 2.75) is 43.0 Å². The Morgan fingerprint density at radius 1 is 0.782 bits per heavy atom. The zero-order valence-corrected chi connectivity index (χ0v) is 35.7. The molecular formula is C48H42GeIrN4O-2. The van der Waals surface area contributed by atoms with E-state index < -0.39 is 19.6 Å². The maximum absolute atomic E-state index is 9.05. The van der Waals surface area contributed by atoms with Crippen LogP contribution in [0.2, 0.25) is 17.3 Å². The molecule has 0 aliphatic rings. The monoisotopic (exact) mass is 959 g/mol. The van der Waals surface area contributed by atoms with Crippen LogP contribution in [0, 0.1) is 12.1 Å². The summed E-state index contributed by atoms with van der Waals surface area (Å²) in [6, 6.07) is 52.8. The van der Waals surface area contributed by atoms with E-state index in [2.05, 4.69) is 74.3 Å². The van der Waals surface area contributed by atoms with Crippen molar-refractivity contribution >= 4 is 50.8 Å². The van der Waals surface area contributed by atoms with Crippen molar-refractivity contribution in [1.29, 1.82) is 0 Å². The van der Waals surface area contributed by atoms with Crippen LogP contribution >= 0.6 is 0 Å². The average Bonchev–Trinajstić information content (AvgIpc) is 3.80. The van der Waals surface area contributed by atoms with Gasteiger partial charge in [0.25, 0.3) is 0 Å². The fourth-order valence-electron chi connectivity index (χ4n) is 6.87. The molecule has 1 unspecified atom stereocenters. The molecule has 275 valence electrons. The molecular weight excluding hydrogens is 913 g/mol. The number of pyridine rings is 2. The Kier molecular flexibility index (Phi) is 10.8. The van der Waals surface area contributed by atoms with Gasteiger partial charge in [-0.3, -0.25) is 4.98 Å². The molecule has 0 spiro atoms. The average molecular weight is 958 g/mol. The summed E-state index contributed by atoms with van der Waals surface area (Å²) in [5.74, 6) is 7.46. The molecule has 0 amide bonds. The second-order valence-electron chi connectivity index (χ2n) is 14.5. The van der Waals surface area contributed by atoms with Gasteiger partial charge in [0.2, 0.25) is 5.71 Å². The fraction of sp³-hybridized carbons (Fsp3) is 0.146. The van der Waals surface area contributed by atoms with E-state index in [0.29, 0.717) is 5.71 Å². The van der Waals surface area contributed by atoms with Gasteiger partial charge < -0.3 is 8.98 Å². The predicted octanol–water partition coefficient (Wildman–Crippen LogP) is 11.3. The van der Waals surface area contributed by atoms with E-state index in [1.165, 1.54) is 5.56 Å². The summed E-state index contributed by atoms with van der Waals surface area (Å²) in [5.41, 5.74) is 9.00. The van der Waals surface area contributed by atoms with Gasteiger partial charge in [-0.05, 0) is 29.8 Å². The number of rotatable bonds is 8. The van der Waals surface area contributed by atoms with Gasteiger partial charge in [-0.25, -0.2) is 4.98 Å². The first-order valence-electron chi connectivity index (χ1n) is 19.3. The predicted molar refractivity (Wildman–Crippen MR) is 225 cm³/mol. The number of imidazole rings is 1. The van der Waals surface area contributed by atoms with E-state index >= 15 is 0 Å². The summed E-state index contributed by atoms with van der Waals surface area (Å²) < 4.78 is 27.6. The maximum atomic E-state index is 9.05. The van der Waals surface area contributed by atoms with Crippen molar-refractivity contribution in [3.05, 3.63) is 181 Å². The standard InChI is InChI=1S/C25H16N3O.C23H26GeN.Ir/c1-2-8-17(9-3-1)16-28-22-14-5-4-13-21(22)27-24(28)20-11-6-10-18-19-12-7-15-26-25(19)29-23(18)20;1-18(19-11-7-5-8-12-19)15-21-16-23(20-13-9-6-10-14-20)25-17-22(21)24(2,3)4;/h1-10,12-15H,16H2;5-13,16-18H,15H2,1-4H3;/q2*-1;/i;15D2;. The van der Waals surface area contributed by atoms with Gasteiger partial charge in [0.05, 0.1) is 22.4 Å². The molecule has 9 aromatic rings. The van der Waals surface area contributed by atoms with E-state index in [4.69, 9.17) is 12.1 Å². The van der Waals surface area contributed by atoms with E-state index in [0.717, 1.165) is 72.1 Å². The molecule has 4 aromatic heterocycles. The Bertz CT molecular complexity index is 2770. The minimum Gasteiger partial charge on any atom is -0.486 e. The molecule has 9 rings (SSSR count). The van der Waals surface area contributed by atoms with Crippen molar-refractivity contribution in [2.24, 2.45) is 0 Å². The summed E-state index contributed by atoms with van der Waals surface area (Å²) in [5, 5.41) is 2.03. The number of aromatic nitrogens is 4. The topological polar surface area (TPSA) is 56.7 Å². The Morgan fingerprint density at radius 3 is 2.29 bits per heavy atom. The number of hydrogen-bond donors (Lipinski definition) is 0. The number of furan rings is 1. The van der Waals surface area contributed by atoms with Crippen LogP contribution in [0.25, 0.3) is 55.7 Å². The zero-order valence-electron chi connectivity index (χ0n) is 33.2. The number of nitrogens with zero attached hydrogens (tertiary/aromatic N) is 4. The minimum atomic E-state index is -2.32. The van der Waals surface area contributed by atoms with Crippen LogP contribution in [0.4, 0.5) is 0 Å².